The molecule has 6 nitrogen and oxygen atoms in total. The van der Waals surface area contributed by atoms with E-state index in [-0.39, 0.29) is 24.6 Å². The molecule has 0 bridgehead atoms. The quantitative estimate of drug-likeness (QED) is 0.731. The van der Waals surface area contributed by atoms with Crippen LogP contribution in [0.4, 0.5) is 0 Å². The summed E-state index contributed by atoms with van der Waals surface area (Å²) in [6.07, 6.45) is 0. The molecule has 7 heteroatoms. The lowest BCUT2D eigenvalue weighted by atomic mass is 10.1. The van der Waals surface area contributed by atoms with Gasteiger partial charge in [0, 0.05) is 29.3 Å². The van der Waals surface area contributed by atoms with Gasteiger partial charge >= 0.3 is 0 Å². The van der Waals surface area contributed by atoms with Crippen LogP contribution < -0.4 is 5.32 Å². The first-order valence-corrected chi connectivity index (χ1v) is 9.30. The van der Waals surface area contributed by atoms with Gasteiger partial charge in [-0.2, -0.15) is 0 Å². The zero-order valence-electron chi connectivity index (χ0n) is 13.6. The molecule has 2 aliphatic heterocycles. The molecule has 132 valence electrons. The molecule has 0 aliphatic carbocycles. The van der Waals surface area contributed by atoms with Crippen LogP contribution in [-0.4, -0.2) is 79.9 Å². The number of aliphatic hydroxyl groups is 1. The molecule has 0 spiro atoms. The first-order valence-electron chi connectivity index (χ1n) is 8.32. The molecule has 0 aromatic heterocycles. The van der Waals surface area contributed by atoms with Crippen molar-refractivity contribution in [2.75, 3.05) is 51.9 Å². The molecule has 0 radical (unpaired) electrons. The van der Waals surface area contributed by atoms with E-state index in [0.717, 1.165) is 31.2 Å². The highest BCUT2D eigenvalue weighted by molar-refractivity contribution is 7.99. The van der Waals surface area contributed by atoms with Crippen LogP contribution in [0.5, 0.6) is 0 Å². The van der Waals surface area contributed by atoms with Crippen LogP contribution in [-0.2, 0) is 9.47 Å². The summed E-state index contributed by atoms with van der Waals surface area (Å²) in [5.74, 6) is 0.592. The van der Waals surface area contributed by atoms with Crippen LogP contribution in [0.25, 0.3) is 0 Å². The third kappa shape index (κ3) is 4.49. The van der Waals surface area contributed by atoms with E-state index < -0.39 is 0 Å². The topological polar surface area (TPSA) is 71.0 Å². The Labute approximate surface area is 146 Å². The van der Waals surface area contributed by atoms with E-state index in [1.54, 1.807) is 11.8 Å². The molecule has 0 saturated carbocycles. The molecule has 24 heavy (non-hydrogen) atoms. The molecule has 2 saturated heterocycles. The van der Waals surface area contributed by atoms with Gasteiger partial charge in [-0.3, -0.25) is 9.69 Å². The maximum Gasteiger partial charge on any atom is 0.251 e. The Bertz CT molecular complexity index is 534. The van der Waals surface area contributed by atoms with Gasteiger partial charge in [-0.1, -0.05) is 0 Å². The number of ether oxygens (including phenoxy) is 2. The summed E-state index contributed by atoms with van der Waals surface area (Å²) < 4.78 is 11.0. The van der Waals surface area contributed by atoms with Crippen LogP contribution in [0.1, 0.15) is 10.4 Å². The molecule has 2 aliphatic rings. The van der Waals surface area contributed by atoms with Gasteiger partial charge in [-0.05, 0) is 24.3 Å². The average molecular weight is 352 g/mol. The van der Waals surface area contributed by atoms with Crippen molar-refractivity contribution in [3.05, 3.63) is 29.8 Å². The Morgan fingerprint density at radius 3 is 2.67 bits per heavy atom. The first-order chi connectivity index (χ1) is 11.8. The maximum absolute atomic E-state index is 12.5. The number of benzene rings is 1. The van der Waals surface area contributed by atoms with Crippen molar-refractivity contribution < 1.29 is 19.4 Å². The van der Waals surface area contributed by atoms with Crippen molar-refractivity contribution in [1.82, 2.24) is 10.2 Å². The number of nitrogens with one attached hydrogen (secondary N) is 1. The second-order valence-corrected chi connectivity index (χ2v) is 7.10. The van der Waals surface area contributed by atoms with E-state index in [0.29, 0.717) is 24.5 Å². The molecule has 1 aromatic carbocycles. The Balaban J connectivity index is 1.57. The normalized spacial score (nSPS) is 24.9. The highest BCUT2D eigenvalue weighted by atomic mass is 32.2. The zero-order valence-corrected chi connectivity index (χ0v) is 14.5. The highest BCUT2D eigenvalue weighted by Crippen LogP contribution is 2.19. The predicted molar refractivity (Wildman–Crippen MR) is 92.5 cm³/mol. The molecule has 2 fully saturated rings. The van der Waals surface area contributed by atoms with Crippen LogP contribution in [0.2, 0.25) is 0 Å². The summed E-state index contributed by atoms with van der Waals surface area (Å²) >= 11 is 1.57. The number of nitrogens with zero attached hydrogens (tertiary/aromatic N) is 1. The summed E-state index contributed by atoms with van der Waals surface area (Å²) in [5.41, 5.74) is 0.649. The molecule has 2 heterocycles. The lowest BCUT2D eigenvalue weighted by Gasteiger charge is -2.34. The number of hydrogen-bond acceptors (Lipinski definition) is 6. The van der Waals surface area contributed by atoms with Crippen LogP contribution in [0.15, 0.2) is 29.2 Å². The maximum atomic E-state index is 12.5. The van der Waals surface area contributed by atoms with E-state index in [1.807, 2.05) is 24.3 Å². The summed E-state index contributed by atoms with van der Waals surface area (Å²) in [4.78, 5) is 15.9. The summed E-state index contributed by atoms with van der Waals surface area (Å²) in [6.45, 7) is 4.61. The number of morpholine rings is 1. The highest BCUT2D eigenvalue weighted by Gasteiger charge is 2.34. The minimum Gasteiger partial charge on any atom is -0.396 e. The van der Waals surface area contributed by atoms with E-state index in [4.69, 9.17) is 14.6 Å². The number of carbonyl (C=O) groups excluding carboxylic acids is 1. The Morgan fingerprint density at radius 2 is 1.96 bits per heavy atom. The molecule has 1 amide bonds. The molecule has 1 aromatic rings. The minimum atomic E-state index is -0.0672. The monoisotopic (exact) mass is 352 g/mol. The van der Waals surface area contributed by atoms with Crippen molar-refractivity contribution in [3.63, 3.8) is 0 Å². The van der Waals surface area contributed by atoms with Gasteiger partial charge in [0.1, 0.15) is 0 Å². The molecule has 2 N–H and O–H groups in total. The number of thioether (sulfide) groups is 1. The predicted octanol–water partition coefficient (Wildman–Crippen LogP) is 0.600. The summed E-state index contributed by atoms with van der Waals surface area (Å²) in [5, 5.41) is 12.0. The van der Waals surface area contributed by atoms with Gasteiger partial charge < -0.3 is 19.9 Å². The minimum absolute atomic E-state index is 0.0130. The number of aliphatic hydroxyl groups excluding tert-OH is 1. The first kappa shape index (κ1) is 17.7. The fourth-order valence-corrected chi connectivity index (χ4v) is 3.72. The number of hydrogen-bond donors (Lipinski definition) is 2. The Morgan fingerprint density at radius 1 is 1.21 bits per heavy atom. The molecule has 3 rings (SSSR count). The van der Waals surface area contributed by atoms with E-state index in [1.165, 1.54) is 0 Å². The van der Waals surface area contributed by atoms with Gasteiger partial charge in [0.2, 0.25) is 0 Å². The molecular formula is C17H24N2O4S. The average Bonchev–Trinajstić information content (AvgIpc) is 3.09. The van der Waals surface area contributed by atoms with E-state index in [2.05, 4.69) is 10.2 Å². The van der Waals surface area contributed by atoms with Crippen molar-refractivity contribution in [1.29, 1.82) is 0 Å². The Hall–Kier alpha value is -1.12. The summed E-state index contributed by atoms with van der Waals surface area (Å²) in [7, 11) is 0. The zero-order chi connectivity index (χ0) is 16.8. The van der Waals surface area contributed by atoms with Gasteiger partial charge in [0.05, 0.1) is 45.1 Å². The standard InChI is InChI=1S/C17H24N2O4S/c20-7-10-24-14-3-1-13(2-4-14)17(21)18-15-11-23-12-16(15)19-5-8-22-9-6-19/h1-4,15-16,20H,5-12H2,(H,18,21)/t15-,16-/m1/s1. The SMILES string of the molecule is O=C(N[C@@H]1COC[C@H]1N1CCOCC1)c1ccc(SCCO)cc1. The lowest BCUT2D eigenvalue weighted by molar-refractivity contribution is 0.0108. The fourth-order valence-electron chi connectivity index (χ4n) is 3.07. The Kier molecular flexibility index (Phi) is 6.51. The van der Waals surface area contributed by atoms with E-state index in [9.17, 15) is 4.79 Å². The van der Waals surface area contributed by atoms with Crippen molar-refractivity contribution in [2.45, 2.75) is 17.0 Å². The number of carbonyl (C=O) groups is 1. The van der Waals surface area contributed by atoms with Crippen molar-refractivity contribution in [3.8, 4) is 0 Å². The lowest BCUT2D eigenvalue weighted by Crippen LogP contribution is -2.54. The van der Waals surface area contributed by atoms with Gasteiger partial charge in [-0.15, -0.1) is 11.8 Å². The number of rotatable bonds is 6. The molecular weight excluding hydrogens is 328 g/mol. The smallest absolute Gasteiger partial charge is 0.251 e. The molecule has 0 unspecified atom stereocenters. The molecule has 2 atom stereocenters. The summed E-state index contributed by atoms with van der Waals surface area (Å²) in [6, 6.07) is 7.72. The largest absolute Gasteiger partial charge is 0.396 e. The number of amides is 1. The van der Waals surface area contributed by atoms with Gasteiger partial charge in [0.25, 0.3) is 5.91 Å². The van der Waals surface area contributed by atoms with Gasteiger partial charge in [-0.25, -0.2) is 0 Å². The van der Waals surface area contributed by atoms with Crippen LogP contribution in [0.3, 0.4) is 0 Å². The van der Waals surface area contributed by atoms with Crippen LogP contribution in [0, 0.1) is 0 Å². The fraction of sp³-hybridized carbons (Fsp3) is 0.588. The van der Waals surface area contributed by atoms with Crippen molar-refractivity contribution >= 4 is 17.7 Å². The van der Waals surface area contributed by atoms with Crippen molar-refractivity contribution in [2.24, 2.45) is 0 Å². The van der Waals surface area contributed by atoms with Gasteiger partial charge in [0.15, 0.2) is 0 Å². The van der Waals surface area contributed by atoms with E-state index >= 15 is 0 Å². The van der Waals surface area contributed by atoms with Crippen LogP contribution >= 0.6 is 11.8 Å². The third-order valence-corrected chi connectivity index (χ3v) is 5.35. The second kappa shape index (κ2) is 8.82. The third-order valence-electron chi connectivity index (χ3n) is 4.36. The second-order valence-electron chi connectivity index (χ2n) is 5.93.